The molecule has 0 saturated carbocycles. The number of nitrogens with one attached hydrogen (secondary N) is 2. The Hall–Kier alpha value is -4.21. The first-order chi connectivity index (χ1) is 17.0. The molecule has 0 radical (unpaired) electrons. The van der Waals surface area contributed by atoms with Gasteiger partial charge in [0.05, 0.1) is 23.3 Å². The third-order valence-corrected chi connectivity index (χ3v) is 4.80. The number of alkyl halides is 5. The molecule has 0 unspecified atom stereocenters. The number of nitrogens with zero attached hydrogens (tertiary/aromatic N) is 5. The molecule has 16 heteroatoms. The highest BCUT2D eigenvalue weighted by molar-refractivity contribution is 5.84. The molecule has 190 valence electrons. The van der Waals surface area contributed by atoms with Gasteiger partial charge in [0.15, 0.2) is 11.8 Å². The van der Waals surface area contributed by atoms with Crippen LogP contribution in [0.15, 0.2) is 40.2 Å². The Morgan fingerprint density at radius 3 is 2.64 bits per heavy atom. The summed E-state index contributed by atoms with van der Waals surface area (Å²) in [6.45, 7) is -2.07. The SMILES string of the molecule is Cn1nc(O[C@H](c2ccnc(COCC(F)(F)F)c2)C(F)F)c2cc(-c3c[nH]c(=O)[nH]c3=O)nnc21. The number of aryl methyl sites for hydroxylation is 1. The van der Waals surface area contributed by atoms with E-state index in [0.717, 1.165) is 18.5 Å². The minimum Gasteiger partial charge on any atom is -0.462 e. The number of aromatic nitrogens is 7. The highest BCUT2D eigenvalue weighted by atomic mass is 19.4. The maximum Gasteiger partial charge on any atom is 0.411 e. The third-order valence-electron chi connectivity index (χ3n) is 4.80. The van der Waals surface area contributed by atoms with Crippen LogP contribution in [0.5, 0.6) is 5.88 Å². The lowest BCUT2D eigenvalue weighted by Crippen LogP contribution is -2.22. The molecular weight excluding hydrogens is 497 g/mol. The van der Waals surface area contributed by atoms with Gasteiger partial charge in [-0.1, -0.05) is 0 Å². The van der Waals surface area contributed by atoms with Gasteiger partial charge in [-0.2, -0.15) is 13.2 Å². The fraction of sp³-hybridized carbons (Fsp3) is 0.300. The highest BCUT2D eigenvalue weighted by Crippen LogP contribution is 2.32. The van der Waals surface area contributed by atoms with Crippen LogP contribution in [-0.4, -0.2) is 54.1 Å². The first-order valence-corrected chi connectivity index (χ1v) is 10.1. The van der Waals surface area contributed by atoms with Gasteiger partial charge in [0.1, 0.15) is 12.3 Å². The van der Waals surface area contributed by atoms with Gasteiger partial charge < -0.3 is 14.5 Å². The van der Waals surface area contributed by atoms with Crippen molar-refractivity contribution in [2.24, 2.45) is 7.05 Å². The van der Waals surface area contributed by atoms with Crippen LogP contribution in [0.2, 0.25) is 0 Å². The molecule has 4 heterocycles. The summed E-state index contributed by atoms with van der Waals surface area (Å²) in [4.78, 5) is 31.5. The summed E-state index contributed by atoms with van der Waals surface area (Å²) in [5.74, 6) is -0.263. The molecular formula is C20H16F5N7O4. The van der Waals surface area contributed by atoms with Gasteiger partial charge in [-0.15, -0.1) is 15.3 Å². The molecule has 0 amide bonds. The normalized spacial score (nSPS) is 12.9. The van der Waals surface area contributed by atoms with E-state index in [-0.39, 0.29) is 39.4 Å². The lowest BCUT2D eigenvalue weighted by atomic mass is 10.1. The largest absolute Gasteiger partial charge is 0.462 e. The second-order valence-corrected chi connectivity index (χ2v) is 7.44. The third kappa shape index (κ3) is 5.54. The van der Waals surface area contributed by atoms with Crippen molar-refractivity contribution in [3.8, 4) is 17.1 Å². The van der Waals surface area contributed by atoms with E-state index in [2.05, 4.69) is 30.0 Å². The summed E-state index contributed by atoms with van der Waals surface area (Å²) in [5, 5.41) is 12.1. The maximum atomic E-state index is 14.0. The fourth-order valence-corrected chi connectivity index (χ4v) is 3.25. The van der Waals surface area contributed by atoms with Crippen LogP contribution in [0.1, 0.15) is 17.4 Å². The van der Waals surface area contributed by atoms with Crippen LogP contribution in [0.3, 0.4) is 0 Å². The minimum absolute atomic E-state index is 0.0117. The van der Waals surface area contributed by atoms with E-state index < -0.39 is 43.2 Å². The monoisotopic (exact) mass is 513 g/mol. The van der Waals surface area contributed by atoms with Crippen LogP contribution in [0.4, 0.5) is 22.0 Å². The number of ether oxygens (including phenoxy) is 2. The van der Waals surface area contributed by atoms with Crippen molar-refractivity contribution in [3.63, 3.8) is 0 Å². The molecule has 0 aliphatic carbocycles. The van der Waals surface area contributed by atoms with Crippen LogP contribution in [-0.2, 0) is 18.4 Å². The van der Waals surface area contributed by atoms with E-state index in [1.807, 2.05) is 4.98 Å². The van der Waals surface area contributed by atoms with Crippen LogP contribution < -0.4 is 16.0 Å². The Morgan fingerprint density at radius 1 is 1.17 bits per heavy atom. The molecule has 2 N–H and O–H groups in total. The topological polar surface area (TPSA) is 141 Å². The Labute approximate surface area is 196 Å². The molecule has 36 heavy (non-hydrogen) atoms. The zero-order valence-electron chi connectivity index (χ0n) is 18.2. The number of halogens is 5. The van der Waals surface area contributed by atoms with E-state index >= 15 is 0 Å². The van der Waals surface area contributed by atoms with Crippen molar-refractivity contribution in [2.75, 3.05) is 6.61 Å². The number of aromatic amines is 2. The van der Waals surface area contributed by atoms with Crippen LogP contribution in [0, 0.1) is 0 Å². The predicted molar refractivity (Wildman–Crippen MR) is 112 cm³/mol. The van der Waals surface area contributed by atoms with E-state index in [9.17, 15) is 31.5 Å². The van der Waals surface area contributed by atoms with E-state index in [1.165, 1.54) is 23.9 Å². The van der Waals surface area contributed by atoms with Crippen molar-refractivity contribution in [1.82, 2.24) is 34.9 Å². The molecule has 11 nitrogen and oxygen atoms in total. The lowest BCUT2D eigenvalue weighted by Gasteiger charge is -2.18. The maximum absolute atomic E-state index is 14.0. The smallest absolute Gasteiger partial charge is 0.411 e. The van der Waals surface area contributed by atoms with Crippen molar-refractivity contribution in [3.05, 3.63) is 62.7 Å². The molecule has 0 fully saturated rings. The first-order valence-electron chi connectivity index (χ1n) is 10.1. The van der Waals surface area contributed by atoms with Crippen molar-refractivity contribution < 1.29 is 31.4 Å². The fourth-order valence-electron chi connectivity index (χ4n) is 3.25. The second-order valence-electron chi connectivity index (χ2n) is 7.44. The molecule has 4 rings (SSSR count). The molecule has 0 spiro atoms. The number of hydrogen-bond donors (Lipinski definition) is 2. The zero-order valence-corrected chi connectivity index (χ0v) is 18.2. The molecule has 1 atom stereocenters. The lowest BCUT2D eigenvalue weighted by molar-refractivity contribution is -0.176. The molecule has 0 aliphatic rings. The van der Waals surface area contributed by atoms with Crippen LogP contribution in [0.25, 0.3) is 22.3 Å². The van der Waals surface area contributed by atoms with E-state index in [4.69, 9.17) is 4.74 Å². The quantitative estimate of drug-likeness (QED) is 0.342. The summed E-state index contributed by atoms with van der Waals surface area (Å²) in [5.41, 5.74) is -1.45. The number of fused-ring (bicyclic) bond motifs is 1. The standard InChI is InChI=1S/C20H16F5N7O4/c1-32-16-11(5-13(29-30-16)12-6-27-19(34)28-17(12)33)18(31-32)36-14(15(21)22)9-2-3-26-10(4-9)7-35-8-20(23,24)25/h2-6,14-15H,7-8H2,1H3,(H2,27,28,33,34)/t14-/m1/s1. The van der Waals surface area contributed by atoms with Gasteiger partial charge >= 0.3 is 11.9 Å². The average Bonchev–Trinajstić information content (AvgIpc) is 3.11. The number of rotatable bonds is 8. The van der Waals surface area contributed by atoms with Gasteiger partial charge in [-0.05, 0) is 18.2 Å². The Morgan fingerprint density at radius 2 is 1.94 bits per heavy atom. The molecule has 0 aromatic carbocycles. The Balaban J connectivity index is 1.66. The van der Waals surface area contributed by atoms with Gasteiger partial charge in [-0.3, -0.25) is 14.8 Å². The molecule has 0 saturated heterocycles. The Bertz CT molecular complexity index is 1500. The minimum atomic E-state index is -4.55. The number of pyridine rings is 1. The summed E-state index contributed by atoms with van der Waals surface area (Å²) >= 11 is 0. The van der Waals surface area contributed by atoms with Crippen LogP contribution >= 0.6 is 0 Å². The summed E-state index contributed by atoms with van der Waals surface area (Å²) in [6.07, 6.45) is -7.23. The summed E-state index contributed by atoms with van der Waals surface area (Å²) < 4.78 is 76.1. The van der Waals surface area contributed by atoms with Gasteiger partial charge in [0.2, 0.25) is 5.88 Å². The average molecular weight is 513 g/mol. The highest BCUT2D eigenvalue weighted by Gasteiger charge is 2.29. The number of H-pyrrole nitrogens is 2. The van der Waals surface area contributed by atoms with Gasteiger partial charge in [-0.25, -0.2) is 18.3 Å². The summed E-state index contributed by atoms with van der Waals surface area (Å²) in [7, 11) is 1.47. The first kappa shape index (κ1) is 24.9. The van der Waals surface area contributed by atoms with Gasteiger partial charge in [0, 0.05) is 25.0 Å². The molecule has 0 bridgehead atoms. The second kappa shape index (κ2) is 9.80. The van der Waals surface area contributed by atoms with Crippen molar-refractivity contribution in [2.45, 2.75) is 25.3 Å². The molecule has 4 aromatic heterocycles. The predicted octanol–water partition coefficient (Wildman–Crippen LogP) is 2.27. The Kier molecular flexibility index (Phi) is 6.78. The van der Waals surface area contributed by atoms with Crippen molar-refractivity contribution in [1.29, 1.82) is 0 Å². The molecule has 0 aliphatic heterocycles. The number of hydrogen-bond acceptors (Lipinski definition) is 8. The van der Waals surface area contributed by atoms with Gasteiger partial charge in [0.25, 0.3) is 12.0 Å². The van der Waals surface area contributed by atoms with E-state index in [1.54, 1.807) is 0 Å². The van der Waals surface area contributed by atoms with Crippen molar-refractivity contribution >= 4 is 11.0 Å². The zero-order chi connectivity index (χ0) is 26.0. The van der Waals surface area contributed by atoms with E-state index in [0.29, 0.717) is 0 Å². The molecule has 4 aromatic rings. The summed E-state index contributed by atoms with van der Waals surface area (Å²) in [6, 6.07) is 3.70.